The lowest BCUT2D eigenvalue weighted by atomic mass is 10.2. The highest BCUT2D eigenvalue weighted by Crippen LogP contribution is 2.19. The first-order valence-corrected chi connectivity index (χ1v) is 7.23. The van der Waals surface area contributed by atoms with E-state index in [0.29, 0.717) is 0 Å². The second-order valence-electron chi connectivity index (χ2n) is 3.58. The summed E-state index contributed by atoms with van der Waals surface area (Å²) in [6.07, 6.45) is 1.72. The van der Waals surface area contributed by atoms with Crippen LogP contribution in [-0.4, -0.2) is 22.3 Å². The van der Waals surface area contributed by atoms with E-state index in [1.54, 1.807) is 6.26 Å². The van der Waals surface area contributed by atoms with Gasteiger partial charge in [0.1, 0.15) is 5.76 Å². The Morgan fingerprint density at radius 1 is 1.53 bits per heavy atom. The summed E-state index contributed by atoms with van der Waals surface area (Å²) in [4.78, 5) is 0. The van der Waals surface area contributed by atoms with Crippen LogP contribution < -0.4 is 5.32 Å². The molecule has 0 radical (unpaired) electrons. The summed E-state index contributed by atoms with van der Waals surface area (Å²) in [6, 6.07) is 3.94. The van der Waals surface area contributed by atoms with E-state index in [9.17, 15) is 4.21 Å². The molecule has 0 saturated heterocycles. The highest BCUT2D eigenvalue weighted by Gasteiger charge is 2.12. The fraction of sp³-hybridized carbons (Fsp3) is 0.600. The molecule has 0 aliphatic heterocycles. The van der Waals surface area contributed by atoms with Gasteiger partial charge in [-0.05, 0) is 41.9 Å². The number of halogens is 1. The van der Waals surface area contributed by atoms with Gasteiger partial charge in [0.2, 0.25) is 0 Å². The second-order valence-corrected chi connectivity index (χ2v) is 6.16. The molecular weight excluding hydrogens is 278 g/mol. The van der Waals surface area contributed by atoms with Gasteiger partial charge in [0.25, 0.3) is 0 Å². The first-order valence-electron chi connectivity index (χ1n) is 4.81. The molecular formula is C10H16BrNO2S. The predicted molar refractivity (Wildman–Crippen MR) is 66.4 cm³/mol. The summed E-state index contributed by atoms with van der Waals surface area (Å²) in [5.41, 5.74) is 0. The van der Waals surface area contributed by atoms with Crippen molar-refractivity contribution in [1.29, 1.82) is 0 Å². The molecule has 0 bridgehead atoms. The van der Waals surface area contributed by atoms with E-state index in [0.717, 1.165) is 17.0 Å². The van der Waals surface area contributed by atoms with Gasteiger partial charge in [0, 0.05) is 28.9 Å². The van der Waals surface area contributed by atoms with Crippen LogP contribution in [0.5, 0.6) is 0 Å². The Hall–Kier alpha value is -0.130. The summed E-state index contributed by atoms with van der Waals surface area (Å²) in [5, 5.41) is 3.44. The van der Waals surface area contributed by atoms with E-state index < -0.39 is 10.8 Å². The molecule has 1 rings (SSSR count). The van der Waals surface area contributed by atoms with E-state index in [2.05, 4.69) is 21.2 Å². The zero-order valence-corrected chi connectivity index (χ0v) is 11.5. The second kappa shape index (κ2) is 5.82. The molecule has 1 aromatic rings. The summed E-state index contributed by atoms with van der Waals surface area (Å²) in [5.74, 6) is 0.885. The van der Waals surface area contributed by atoms with Gasteiger partial charge in [-0.15, -0.1) is 0 Å². The highest BCUT2D eigenvalue weighted by atomic mass is 79.9. The molecule has 0 aliphatic rings. The van der Waals surface area contributed by atoms with Crippen LogP contribution in [0.2, 0.25) is 0 Å². The normalized spacial score (nSPS) is 17.3. The summed E-state index contributed by atoms with van der Waals surface area (Å²) < 4.78 is 17.3. The van der Waals surface area contributed by atoms with Gasteiger partial charge in [-0.3, -0.25) is 4.21 Å². The molecule has 0 saturated carbocycles. The van der Waals surface area contributed by atoms with Gasteiger partial charge in [0.15, 0.2) is 4.67 Å². The maximum atomic E-state index is 11.1. The third kappa shape index (κ3) is 4.09. The first kappa shape index (κ1) is 12.9. The Morgan fingerprint density at radius 2 is 2.20 bits per heavy atom. The lowest BCUT2D eigenvalue weighted by Crippen LogP contribution is -2.29. The van der Waals surface area contributed by atoms with Crippen LogP contribution in [0.25, 0.3) is 0 Å². The minimum Gasteiger partial charge on any atom is -0.453 e. The quantitative estimate of drug-likeness (QED) is 0.907. The molecule has 15 heavy (non-hydrogen) atoms. The number of hydrogen-bond donors (Lipinski definition) is 1. The van der Waals surface area contributed by atoms with Gasteiger partial charge in [-0.1, -0.05) is 0 Å². The summed E-state index contributed by atoms with van der Waals surface area (Å²) >= 11 is 3.26. The molecule has 3 atom stereocenters. The molecule has 0 aliphatic carbocycles. The van der Waals surface area contributed by atoms with E-state index in [-0.39, 0.29) is 11.3 Å². The van der Waals surface area contributed by atoms with Gasteiger partial charge in [0.05, 0.1) is 6.04 Å². The van der Waals surface area contributed by atoms with Crippen molar-refractivity contribution >= 4 is 26.7 Å². The van der Waals surface area contributed by atoms with Gasteiger partial charge >= 0.3 is 0 Å². The smallest absolute Gasteiger partial charge is 0.169 e. The number of furan rings is 1. The number of nitrogens with one attached hydrogen (secondary N) is 1. The van der Waals surface area contributed by atoms with E-state index >= 15 is 0 Å². The molecule has 0 amide bonds. The van der Waals surface area contributed by atoms with E-state index in [1.807, 2.05) is 26.0 Å². The largest absolute Gasteiger partial charge is 0.453 e. The lowest BCUT2D eigenvalue weighted by molar-refractivity contribution is 0.419. The van der Waals surface area contributed by atoms with Crippen molar-refractivity contribution in [3.05, 3.63) is 22.6 Å². The molecule has 1 heterocycles. The Kier molecular flexibility index (Phi) is 5.02. The van der Waals surface area contributed by atoms with Crippen molar-refractivity contribution in [3.8, 4) is 0 Å². The molecule has 5 heteroatoms. The Balaban J connectivity index is 2.43. The minimum absolute atomic E-state index is 0.141. The minimum atomic E-state index is -0.780. The average Bonchev–Trinajstić information content (AvgIpc) is 2.60. The summed E-state index contributed by atoms with van der Waals surface area (Å²) in [6.45, 7) is 4.72. The van der Waals surface area contributed by atoms with Crippen LogP contribution in [-0.2, 0) is 10.8 Å². The van der Waals surface area contributed by atoms with Crippen molar-refractivity contribution in [1.82, 2.24) is 5.32 Å². The Morgan fingerprint density at radius 3 is 2.67 bits per heavy atom. The fourth-order valence-electron chi connectivity index (χ4n) is 1.12. The van der Waals surface area contributed by atoms with Gasteiger partial charge < -0.3 is 9.73 Å². The zero-order valence-electron chi connectivity index (χ0n) is 9.12. The number of hydrogen-bond acceptors (Lipinski definition) is 3. The van der Waals surface area contributed by atoms with Crippen molar-refractivity contribution in [2.75, 3.05) is 12.8 Å². The van der Waals surface area contributed by atoms with E-state index in [4.69, 9.17) is 4.42 Å². The van der Waals surface area contributed by atoms with Crippen LogP contribution in [0, 0.1) is 0 Å². The fourth-order valence-corrected chi connectivity index (χ4v) is 1.77. The van der Waals surface area contributed by atoms with Gasteiger partial charge in [-0.25, -0.2) is 0 Å². The molecule has 0 fully saturated rings. The average molecular weight is 294 g/mol. The van der Waals surface area contributed by atoms with Gasteiger partial charge in [-0.2, -0.15) is 0 Å². The topological polar surface area (TPSA) is 42.2 Å². The zero-order chi connectivity index (χ0) is 11.4. The lowest BCUT2D eigenvalue weighted by Gasteiger charge is -2.14. The third-order valence-corrected chi connectivity index (χ3v) is 4.03. The Bertz CT molecular complexity index is 340. The maximum Gasteiger partial charge on any atom is 0.169 e. The molecule has 86 valence electrons. The van der Waals surface area contributed by atoms with E-state index in [1.165, 1.54) is 0 Å². The predicted octanol–water partition coefficient (Wildman–Crippen LogP) is 2.46. The molecule has 3 nitrogen and oxygen atoms in total. The van der Waals surface area contributed by atoms with Crippen LogP contribution in [0.4, 0.5) is 0 Å². The third-order valence-electron chi connectivity index (χ3n) is 2.30. The van der Waals surface area contributed by atoms with Crippen molar-refractivity contribution in [3.63, 3.8) is 0 Å². The van der Waals surface area contributed by atoms with Crippen molar-refractivity contribution in [2.24, 2.45) is 0 Å². The highest BCUT2D eigenvalue weighted by molar-refractivity contribution is 9.10. The first-order chi connectivity index (χ1) is 7.00. The summed E-state index contributed by atoms with van der Waals surface area (Å²) in [7, 11) is -0.780. The molecule has 3 unspecified atom stereocenters. The van der Waals surface area contributed by atoms with Crippen LogP contribution in [0.15, 0.2) is 21.2 Å². The SMILES string of the molecule is CC(NCC(C)S(C)=O)c1ccc(Br)o1. The Labute approximate surface area is 101 Å². The molecule has 0 aromatic carbocycles. The van der Waals surface area contributed by atoms with Crippen molar-refractivity contribution in [2.45, 2.75) is 25.1 Å². The van der Waals surface area contributed by atoms with Crippen LogP contribution in [0.1, 0.15) is 25.6 Å². The number of rotatable bonds is 5. The molecule has 1 N–H and O–H groups in total. The van der Waals surface area contributed by atoms with Crippen LogP contribution >= 0.6 is 15.9 Å². The molecule has 1 aromatic heterocycles. The maximum absolute atomic E-state index is 11.1. The monoisotopic (exact) mass is 293 g/mol. The molecule has 0 spiro atoms. The van der Waals surface area contributed by atoms with Crippen molar-refractivity contribution < 1.29 is 8.63 Å². The van der Waals surface area contributed by atoms with Crippen LogP contribution in [0.3, 0.4) is 0 Å². The standard InChI is InChI=1S/C10H16BrNO2S/c1-7(15(3)13)6-12-8(2)9-4-5-10(11)14-9/h4-5,7-8,12H,6H2,1-3H3.